The summed E-state index contributed by atoms with van der Waals surface area (Å²) in [5, 5.41) is 23.5. The summed E-state index contributed by atoms with van der Waals surface area (Å²) >= 11 is 7.32. The third-order valence-electron chi connectivity index (χ3n) is 4.75. The van der Waals surface area contributed by atoms with E-state index in [1.807, 2.05) is 28.8 Å². The van der Waals surface area contributed by atoms with Crippen molar-refractivity contribution in [3.05, 3.63) is 63.7 Å². The Hall–Kier alpha value is -2.91. The van der Waals surface area contributed by atoms with Gasteiger partial charge >= 0.3 is 0 Å². The van der Waals surface area contributed by atoms with Crippen LogP contribution in [-0.2, 0) is 11.3 Å². The number of nitrogens with zero attached hydrogens (tertiary/aromatic N) is 4. The molecular weight excluding hydrogens is 450 g/mol. The van der Waals surface area contributed by atoms with Gasteiger partial charge in [-0.1, -0.05) is 49.5 Å². The first kappa shape index (κ1) is 23.7. The van der Waals surface area contributed by atoms with Gasteiger partial charge in [-0.05, 0) is 42.8 Å². The third-order valence-corrected chi connectivity index (χ3v) is 5.97. The molecule has 0 bridgehead atoms. The highest BCUT2D eigenvalue weighted by Crippen LogP contribution is 2.26. The van der Waals surface area contributed by atoms with E-state index < -0.39 is 4.92 Å². The Labute approximate surface area is 195 Å². The van der Waals surface area contributed by atoms with Gasteiger partial charge in [0.15, 0.2) is 11.0 Å². The maximum absolute atomic E-state index is 12.4. The van der Waals surface area contributed by atoms with E-state index >= 15 is 0 Å². The predicted octanol–water partition coefficient (Wildman–Crippen LogP) is 5.82. The molecule has 0 spiro atoms. The van der Waals surface area contributed by atoms with Crippen molar-refractivity contribution in [1.29, 1.82) is 0 Å². The van der Waals surface area contributed by atoms with Crippen LogP contribution in [0.5, 0.6) is 0 Å². The maximum atomic E-state index is 12.4. The predicted molar refractivity (Wildman–Crippen MR) is 127 cm³/mol. The van der Waals surface area contributed by atoms with Crippen LogP contribution < -0.4 is 5.32 Å². The Bertz CT molecular complexity index is 1050. The maximum Gasteiger partial charge on any atom is 0.269 e. The fraction of sp³-hybridized carbons (Fsp3) is 0.318. The minimum atomic E-state index is -0.479. The Kier molecular flexibility index (Phi) is 8.64. The zero-order valence-corrected chi connectivity index (χ0v) is 19.2. The summed E-state index contributed by atoms with van der Waals surface area (Å²) in [6, 6.07) is 13.2. The Morgan fingerprint density at radius 3 is 2.47 bits per heavy atom. The second-order valence-electron chi connectivity index (χ2n) is 7.17. The molecule has 0 aliphatic carbocycles. The summed E-state index contributed by atoms with van der Waals surface area (Å²) in [4.78, 5) is 22.7. The molecular formula is C22H24ClN5O3S. The lowest BCUT2D eigenvalue weighted by atomic mass is 10.2. The van der Waals surface area contributed by atoms with E-state index in [2.05, 4.69) is 22.4 Å². The van der Waals surface area contributed by atoms with E-state index in [0.717, 1.165) is 37.2 Å². The monoisotopic (exact) mass is 473 g/mol. The van der Waals surface area contributed by atoms with Gasteiger partial charge in [-0.2, -0.15) is 0 Å². The Balaban J connectivity index is 1.68. The molecule has 8 nitrogen and oxygen atoms in total. The van der Waals surface area contributed by atoms with Crippen molar-refractivity contribution in [1.82, 2.24) is 14.8 Å². The van der Waals surface area contributed by atoms with Gasteiger partial charge < -0.3 is 9.88 Å². The Morgan fingerprint density at radius 1 is 1.09 bits per heavy atom. The van der Waals surface area contributed by atoms with E-state index in [4.69, 9.17) is 11.6 Å². The van der Waals surface area contributed by atoms with Gasteiger partial charge in [-0.25, -0.2) is 0 Å². The number of carbonyl (C=O) groups is 1. The molecule has 0 atom stereocenters. The lowest BCUT2D eigenvalue weighted by Gasteiger charge is -2.10. The summed E-state index contributed by atoms with van der Waals surface area (Å²) in [7, 11) is 0. The number of amides is 1. The number of nitro benzene ring substituents is 1. The standard InChI is InChI=1S/C22H24ClN5O3S/c1-2-3-4-5-14-27-21(16-6-8-17(23)9-7-16)25-26-22(27)32-15-20(29)24-18-10-12-19(13-11-18)28(30)31/h6-13H,2-5,14-15H2,1H3,(H,24,29). The number of nitrogens with one attached hydrogen (secondary N) is 1. The summed E-state index contributed by atoms with van der Waals surface area (Å²) in [6.45, 7) is 2.93. The van der Waals surface area contributed by atoms with Crippen LogP contribution in [0.2, 0.25) is 5.02 Å². The minimum Gasteiger partial charge on any atom is -0.325 e. The first-order chi connectivity index (χ1) is 15.5. The topological polar surface area (TPSA) is 103 Å². The zero-order chi connectivity index (χ0) is 22.9. The van der Waals surface area contributed by atoms with Gasteiger partial charge in [0.2, 0.25) is 5.91 Å². The molecule has 0 fully saturated rings. The number of anilines is 1. The van der Waals surface area contributed by atoms with Gasteiger partial charge in [0, 0.05) is 35.0 Å². The van der Waals surface area contributed by atoms with E-state index in [-0.39, 0.29) is 17.3 Å². The molecule has 10 heteroatoms. The lowest BCUT2D eigenvalue weighted by molar-refractivity contribution is -0.384. The molecule has 0 unspecified atom stereocenters. The molecule has 0 aliphatic rings. The molecule has 3 rings (SSSR count). The minimum absolute atomic E-state index is 0.0247. The van der Waals surface area contributed by atoms with Crippen LogP contribution in [0.3, 0.4) is 0 Å². The Morgan fingerprint density at radius 2 is 1.81 bits per heavy atom. The molecule has 1 aromatic heterocycles. The van der Waals surface area contributed by atoms with E-state index in [0.29, 0.717) is 15.9 Å². The SMILES string of the molecule is CCCCCCn1c(SCC(=O)Nc2ccc([N+](=O)[O-])cc2)nnc1-c1ccc(Cl)cc1. The number of hydrogen-bond acceptors (Lipinski definition) is 6. The van der Waals surface area contributed by atoms with Crippen molar-refractivity contribution < 1.29 is 9.72 Å². The number of non-ortho nitro benzene ring substituents is 1. The van der Waals surface area contributed by atoms with Crippen molar-refractivity contribution in [3.63, 3.8) is 0 Å². The summed E-state index contributed by atoms with van der Waals surface area (Å²) in [5.74, 6) is 0.666. The first-order valence-corrected chi connectivity index (χ1v) is 11.7. The molecule has 1 amide bonds. The number of benzene rings is 2. The zero-order valence-electron chi connectivity index (χ0n) is 17.7. The molecule has 3 aromatic rings. The second kappa shape index (κ2) is 11.6. The van der Waals surface area contributed by atoms with Crippen molar-refractivity contribution in [2.24, 2.45) is 0 Å². The number of rotatable bonds is 11. The van der Waals surface area contributed by atoms with Crippen LogP contribution >= 0.6 is 23.4 Å². The van der Waals surface area contributed by atoms with Crippen molar-refractivity contribution in [2.45, 2.75) is 44.3 Å². The lowest BCUT2D eigenvalue weighted by Crippen LogP contribution is -2.14. The summed E-state index contributed by atoms with van der Waals surface area (Å²) in [6.07, 6.45) is 4.42. The van der Waals surface area contributed by atoms with E-state index in [1.54, 1.807) is 0 Å². The first-order valence-electron chi connectivity index (χ1n) is 10.3. The van der Waals surface area contributed by atoms with Crippen LogP contribution in [0.25, 0.3) is 11.4 Å². The van der Waals surface area contributed by atoms with Gasteiger partial charge in [0.1, 0.15) is 0 Å². The molecule has 1 N–H and O–H groups in total. The summed E-state index contributed by atoms with van der Waals surface area (Å²) < 4.78 is 2.04. The van der Waals surface area contributed by atoms with Crippen molar-refractivity contribution in [2.75, 3.05) is 11.1 Å². The van der Waals surface area contributed by atoms with E-state index in [1.165, 1.54) is 42.4 Å². The van der Waals surface area contributed by atoms with Crippen LogP contribution in [0.15, 0.2) is 53.7 Å². The molecule has 168 valence electrons. The summed E-state index contributed by atoms with van der Waals surface area (Å²) in [5.41, 5.74) is 1.40. The number of hydrogen-bond donors (Lipinski definition) is 1. The van der Waals surface area contributed by atoms with Gasteiger partial charge in [0.05, 0.1) is 10.7 Å². The van der Waals surface area contributed by atoms with Crippen LogP contribution in [-0.4, -0.2) is 31.3 Å². The normalized spacial score (nSPS) is 10.8. The molecule has 0 saturated heterocycles. The smallest absolute Gasteiger partial charge is 0.269 e. The van der Waals surface area contributed by atoms with Crippen LogP contribution in [0.1, 0.15) is 32.6 Å². The fourth-order valence-electron chi connectivity index (χ4n) is 3.10. The van der Waals surface area contributed by atoms with Gasteiger partial charge in [-0.3, -0.25) is 14.9 Å². The number of carbonyl (C=O) groups excluding carboxylic acids is 1. The van der Waals surface area contributed by atoms with Crippen molar-refractivity contribution in [3.8, 4) is 11.4 Å². The number of aromatic nitrogens is 3. The molecule has 32 heavy (non-hydrogen) atoms. The van der Waals surface area contributed by atoms with Crippen LogP contribution in [0.4, 0.5) is 11.4 Å². The molecule has 0 saturated carbocycles. The third kappa shape index (κ3) is 6.54. The highest BCUT2D eigenvalue weighted by atomic mass is 35.5. The molecule has 0 radical (unpaired) electrons. The van der Waals surface area contributed by atoms with Gasteiger partial charge in [0.25, 0.3) is 5.69 Å². The number of thioether (sulfide) groups is 1. The quantitative estimate of drug-likeness (QED) is 0.163. The number of unbranched alkanes of at least 4 members (excludes halogenated alkanes) is 3. The molecule has 0 aliphatic heterocycles. The fourth-order valence-corrected chi connectivity index (χ4v) is 3.99. The number of halogens is 1. The van der Waals surface area contributed by atoms with Crippen LogP contribution in [0, 0.1) is 10.1 Å². The van der Waals surface area contributed by atoms with Crippen molar-refractivity contribution >= 4 is 40.6 Å². The largest absolute Gasteiger partial charge is 0.325 e. The highest BCUT2D eigenvalue weighted by Gasteiger charge is 2.16. The highest BCUT2D eigenvalue weighted by molar-refractivity contribution is 7.99. The van der Waals surface area contributed by atoms with E-state index in [9.17, 15) is 14.9 Å². The average molecular weight is 474 g/mol. The average Bonchev–Trinajstić information content (AvgIpc) is 3.19. The molecule has 1 heterocycles. The molecule has 2 aromatic carbocycles. The van der Waals surface area contributed by atoms with Gasteiger partial charge in [-0.15, -0.1) is 10.2 Å². The second-order valence-corrected chi connectivity index (χ2v) is 8.55. The number of nitro groups is 1.